The summed E-state index contributed by atoms with van der Waals surface area (Å²) >= 11 is 1.56. The van der Waals surface area contributed by atoms with E-state index in [1.165, 1.54) is 27.8 Å². The molecule has 0 atom stereocenters. The van der Waals surface area contributed by atoms with E-state index >= 15 is 0 Å². The van der Waals surface area contributed by atoms with Gasteiger partial charge in [-0.1, -0.05) is 23.8 Å². The molecule has 1 aromatic carbocycles. The molecule has 0 saturated carbocycles. The Balaban J connectivity index is 1.45. The number of furan rings is 1. The molecule has 6 heteroatoms. The molecule has 0 fully saturated rings. The van der Waals surface area contributed by atoms with Gasteiger partial charge in [0.25, 0.3) is 5.91 Å². The summed E-state index contributed by atoms with van der Waals surface area (Å²) in [6, 6.07) is 9.97. The molecule has 5 nitrogen and oxygen atoms in total. The number of amides is 1. The maximum Gasteiger partial charge on any atom is 0.293 e. The molecule has 0 radical (unpaired) electrons. The number of carbonyl (C=O) groups is 1. The summed E-state index contributed by atoms with van der Waals surface area (Å²) in [5, 5.41) is 3.48. The molecule has 0 saturated heterocycles. The van der Waals surface area contributed by atoms with E-state index < -0.39 is 0 Å². The second-order valence-electron chi connectivity index (χ2n) is 6.71. The molecule has 1 amide bonds. The smallest absolute Gasteiger partial charge is 0.293 e. The van der Waals surface area contributed by atoms with Gasteiger partial charge in [-0.15, -0.1) is 11.3 Å². The Morgan fingerprint density at radius 3 is 3.04 bits per heavy atom. The lowest BCUT2D eigenvalue weighted by atomic mass is 10.0. The summed E-state index contributed by atoms with van der Waals surface area (Å²) in [6.45, 7) is 7.10. The average Bonchev–Trinajstić information content (AvgIpc) is 3.27. The quantitative estimate of drug-likeness (QED) is 0.752. The first-order valence-electron chi connectivity index (χ1n) is 8.70. The van der Waals surface area contributed by atoms with Crippen LogP contribution in [0.5, 0.6) is 0 Å². The van der Waals surface area contributed by atoms with Crippen molar-refractivity contribution in [3.63, 3.8) is 0 Å². The van der Waals surface area contributed by atoms with Crippen molar-refractivity contribution in [3.8, 4) is 0 Å². The monoisotopic (exact) mass is 367 g/mol. The Morgan fingerprint density at radius 1 is 1.35 bits per heavy atom. The van der Waals surface area contributed by atoms with Crippen molar-refractivity contribution >= 4 is 22.4 Å². The highest BCUT2D eigenvalue weighted by atomic mass is 32.1. The van der Waals surface area contributed by atoms with Crippen molar-refractivity contribution in [1.29, 1.82) is 0 Å². The lowest BCUT2D eigenvalue weighted by molar-refractivity contribution is 0.0996. The molecule has 1 aliphatic rings. The van der Waals surface area contributed by atoms with E-state index in [2.05, 4.69) is 47.2 Å². The molecule has 26 heavy (non-hydrogen) atoms. The number of hydrogen-bond acceptors (Lipinski definition) is 5. The number of aromatic nitrogens is 1. The number of anilines is 1. The number of nitrogens with zero attached hydrogens (tertiary/aromatic N) is 2. The molecular formula is C20H21N3O2S. The zero-order chi connectivity index (χ0) is 18.1. The predicted molar refractivity (Wildman–Crippen MR) is 103 cm³/mol. The van der Waals surface area contributed by atoms with Crippen LogP contribution in [0.4, 0.5) is 5.13 Å². The molecule has 0 spiro atoms. The third kappa shape index (κ3) is 3.57. The van der Waals surface area contributed by atoms with Gasteiger partial charge in [0.15, 0.2) is 10.9 Å². The Hall–Kier alpha value is -2.44. The standard InChI is InChI=1S/C20H21N3O2S/c1-13-5-6-14(2)15(10-13)11-23-8-7-16-18(12-23)26-20(21-16)22-19(24)17-4-3-9-25-17/h3-6,9-10H,7-8,11-12H2,1-2H3,(H,21,22,24). The number of benzene rings is 1. The molecular weight excluding hydrogens is 346 g/mol. The van der Waals surface area contributed by atoms with E-state index in [4.69, 9.17) is 4.42 Å². The largest absolute Gasteiger partial charge is 0.459 e. The molecule has 3 heterocycles. The summed E-state index contributed by atoms with van der Waals surface area (Å²) in [6.07, 6.45) is 2.40. The van der Waals surface area contributed by atoms with Crippen molar-refractivity contribution in [1.82, 2.24) is 9.88 Å². The summed E-state index contributed by atoms with van der Waals surface area (Å²) < 4.78 is 5.13. The normalized spacial score (nSPS) is 14.2. The van der Waals surface area contributed by atoms with Crippen LogP contribution in [0.2, 0.25) is 0 Å². The van der Waals surface area contributed by atoms with E-state index in [1.807, 2.05) is 0 Å². The first-order valence-corrected chi connectivity index (χ1v) is 9.52. The van der Waals surface area contributed by atoms with Crippen LogP contribution in [0.1, 0.15) is 37.8 Å². The van der Waals surface area contributed by atoms with Gasteiger partial charge in [-0.3, -0.25) is 15.0 Å². The average molecular weight is 367 g/mol. The van der Waals surface area contributed by atoms with Crippen molar-refractivity contribution in [2.45, 2.75) is 33.4 Å². The van der Waals surface area contributed by atoms with Crippen LogP contribution in [0.25, 0.3) is 0 Å². The van der Waals surface area contributed by atoms with Crippen LogP contribution in [0.3, 0.4) is 0 Å². The summed E-state index contributed by atoms with van der Waals surface area (Å²) in [4.78, 5) is 20.4. The molecule has 1 aliphatic heterocycles. The molecule has 3 aromatic rings. The molecule has 0 aliphatic carbocycles. The van der Waals surface area contributed by atoms with E-state index in [0.717, 1.165) is 31.7 Å². The third-order valence-electron chi connectivity index (χ3n) is 4.67. The SMILES string of the molecule is Cc1ccc(C)c(CN2CCc3nc(NC(=O)c4ccco4)sc3C2)c1. The summed E-state index contributed by atoms with van der Waals surface area (Å²) in [5.41, 5.74) is 5.10. The first kappa shape index (κ1) is 17.0. The van der Waals surface area contributed by atoms with Crippen molar-refractivity contribution < 1.29 is 9.21 Å². The molecule has 2 aromatic heterocycles. The second kappa shape index (κ2) is 7.05. The van der Waals surface area contributed by atoms with E-state index in [1.54, 1.807) is 23.5 Å². The number of nitrogens with one attached hydrogen (secondary N) is 1. The molecule has 0 unspecified atom stereocenters. The zero-order valence-corrected chi connectivity index (χ0v) is 15.7. The van der Waals surface area contributed by atoms with Crippen molar-refractivity contribution in [2.24, 2.45) is 0 Å². The van der Waals surface area contributed by atoms with Gasteiger partial charge in [-0.2, -0.15) is 0 Å². The van der Waals surface area contributed by atoms with Crippen molar-refractivity contribution in [3.05, 3.63) is 69.6 Å². The topological polar surface area (TPSA) is 58.4 Å². The van der Waals surface area contributed by atoms with E-state index in [9.17, 15) is 4.79 Å². The van der Waals surface area contributed by atoms with Crippen LogP contribution >= 0.6 is 11.3 Å². The van der Waals surface area contributed by atoms with E-state index in [-0.39, 0.29) is 5.91 Å². The molecule has 4 rings (SSSR count). The maximum absolute atomic E-state index is 12.1. The third-order valence-corrected chi connectivity index (χ3v) is 5.67. The van der Waals surface area contributed by atoms with Gasteiger partial charge >= 0.3 is 0 Å². The number of fused-ring (bicyclic) bond motifs is 1. The fraction of sp³-hybridized carbons (Fsp3) is 0.300. The van der Waals surface area contributed by atoms with Gasteiger partial charge < -0.3 is 4.42 Å². The Morgan fingerprint density at radius 2 is 2.23 bits per heavy atom. The van der Waals surface area contributed by atoms with Crippen LogP contribution in [-0.4, -0.2) is 22.3 Å². The Kier molecular flexibility index (Phi) is 4.61. The minimum absolute atomic E-state index is 0.256. The van der Waals surface area contributed by atoms with Gasteiger partial charge in [-0.05, 0) is 37.1 Å². The predicted octanol–water partition coefficient (Wildman–Crippen LogP) is 4.16. The van der Waals surface area contributed by atoms with Gasteiger partial charge in [0.1, 0.15) is 0 Å². The van der Waals surface area contributed by atoms with Crippen LogP contribution in [0, 0.1) is 13.8 Å². The Bertz CT molecular complexity index is 931. The Labute approximate surface area is 156 Å². The number of carbonyl (C=O) groups excluding carboxylic acids is 1. The highest BCUT2D eigenvalue weighted by Crippen LogP contribution is 2.29. The lowest BCUT2D eigenvalue weighted by Gasteiger charge is -2.26. The molecule has 0 bridgehead atoms. The minimum Gasteiger partial charge on any atom is -0.459 e. The molecule has 1 N–H and O–H groups in total. The highest BCUT2D eigenvalue weighted by molar-refractivity contribution is 7.15. The van der Waals surface area contributed by atoms with Gasteiger partial charge in [-0.25, -0.2) is 4.98 Å². The first-order chi connectivity index (χ1) is 12.6. The number of aryl methyl sites for hydroxylation is 2. The van der Waals surface area contributed by atoms with E-state index in [0.29, 0.717) is 10.9 Å². The minimum atomic E-state index is -0.256. The summed E-state index contributed by atoms with van der Waals surface area (Å²) in [5.74, 6) is 0.0445. The van der Waals surface area contributed by atoms with Crippen molar-refractivity contribution in [2.75, 3.05) is 11.9 Å². The van der Waals surface area contributed by atoms with Gasteiger partial charge in [0.2, 0.25) is 0 Å². The second-order valence-corrected chi connectivity index (χ2v) is 7.79. The highest BCUT2D eigenvalue weighted by Gasteiger charge is 2.22. The van der Waals surface area contributed by atoms with Gasteiger partial charge in [0, 0.05) is 30.9 Å². The van der Waals surface area contributed by atoms with Crippen LogP contribution in [0.15, 0.2) is 41.0 Å². The number of hydrogen-bond donors (Lipinski definition) is 1. The van der Waals surface area contributed by atoms with Crippen LogP contribution in [-0.2, 0) is 19.5 Å². The fourth-order valence-corrected chi connectivity index (χ4v) is 4.26. The zero-order valence-electron chi connectivity index (χ0n) is 14.9. The molecule has 134 valence electrons. The number of thiazole rings is 1. The lowest BCUT2D eigenvalue weighted by Crippen LogP contribution is -2.29. The maximum atomic E-state index is 12.1. The summed E-state index contributed by atoms with van der Waals surface area (Å²) in [7, 11) is 0. The number of rotatable bonds is 4. The van der Waals surface area contributed by atoms with Gasteiger partial charge in [0.05, 0.1) is 12.0 Å². The van der Waals surface area contributed by atoms with Crippen LogP contribution < -0.4 is 5.32 Å². The fourth-order valence-electron chi connectivity index (χ4n) is 3.21.